The Labute approximate surface area is 119 Å². The zero-order chi connectivity index (χ0) is 14.4. The van der Waals surface area contributed by atoms with E-state index in [1.54, 1.807) is 17.8 Å². The van der Waals surface area contributed by atoms with Gasteiger partial charge in [-0.1, -0.05) is 26.0 Å². The minimum absolute atomic E-state index is 0.151. The lowest BCUT2D eigenvalue weighted by atomic mass is 10.0. The molecule has 1 heterocycles. The second kappa shape index (κ2) is 7.34. The molecule has 0 spiro atoms. The molecule has 1 aliphatic rings. The minimum atomic E-state index is -0.293. The fourth-order valence-electron chi connectivity index (χ4n) is 1.89. The topological polar surface area (TPSA) is 38.7 Å². The van der Waals surface area contributed by atoms with Crippen LogP contribution in [0.25, 0.3) is 0 Å². The molecule has 1 aliphatic heterocycles. The molecule has 1 atom stereocenters. The van der Waals surface area contributed by atoms with Gasteiger partial charge in [-0.3, -0.25) is 0 Å². The summed E-state index contributed by atoms with van der Waals surface area (Å²) in [5.74, 6) is 1.10. The molecule has 0 bridgehead atoms. The Morgan fingerprint density at radius 3 is 2.68 bits per heavy atom. The maximum atomic E-state index is 11.7. The third kappa shape index (κ3) is 3.60. The van der Waals surface area contributed by atoms with Gasteiger partial charge in [0.1, 0.15) is 0 Å². The Bertz CT molecular complexity index is 483. The van der Waals surface area contributed by atoms with Crippen LogP contribution in [0.5, 0.6) is 0 Å². The number of hydrogen-bond donors (Lipinski definition) is 0. The molecular weight excluding hydrogens is 258 g/mol. The van der Waals surface area contributed by atoms with Gasteiger partial charge in [0, 0.05) is 5.75 Å². The van der Waals surface area contributed by atoms with Crippen molar-refractivity contribution in [3.8, 4) is 0 Å². The Morgan fingerprint density at radius 1 is 1.37 bits per heavy atom. The van der Waals surface area contributed by atoms with Gasteiger partial charge < -0.3 is 4.74 Å². The lowest BCUT2D eigenvalue weighted by molar-refractivity contribution is 0.0736. The largest absolute Gasteiger partial charge is 0.404 e. The van der Waals surface area contributed by atoms with Gasteiger partial charge in [-0.15, -0.1) is 0 Å². The van der Waals surface area contributed by atoms with E-state index in [0.29, 0.717) is 11.5 Å². The highest BCUT2D eigenvalue weighted by Gasteiger charge is 2.29. The number of fused-ring (bicyclic) bond motifs is 1. The van der Waals surface area contributed by atoms with Crippen molar-refractivity contribution >= 4 is 23.6 Å². The lowest BCUT2D eigenvalue weighted by Crippen LogP contribution is -2.09. The Kier molecular flexibility index (Phi) is 6.09. The average Bonchev–Trinajstić information content (AvgIpc) is 2.70. The van der Waals surface area contributed by atoms with Gasteiger partial charge in [-0.05, 0) is 31.7 Å². The van der Waals surface area contributed by atoms with Gasteiger partial charge >= 0.3 is 5.97 Å². The molecular formula is C15H21NO2S. The highest BCUT2D eigenvalue weighted by molar-refractivity contribution is 7.98. The first-order valence-electron chi connectivity index (χ1n) is 6.52. The number of esters is 1. The van der Waals surface area contributed by atoms with Crippen LogP contribution in [0.3, 0.4) is 0 Å². The van der Waals surface area contributed by atoms with Gasteiger partial charge in [-0.25, -0.2) is 9.79 Å². The van der Waals surface area contributed by atoms with Crippen molar-refractivity contribution in [2.75, 3.05) is 12.0 Å². The van der Waals surface area contributed by atoms with Crippen molar-refractivity contribution in [2.24, 2.45) is 4.99 Å². The minimum Gasteiger partial charge on any atom is -0.404 e. The van der Waals surface area contributed by atoms with Gasteiger partial charge in [0.05, 0.1) is 17.2 Å². The number of carbonyl (C=O) groups excluding carboxylic acids is 1. The summed E-state index contributed by atoms with van der Waals surface area (Å²) < 4.78 is 5.23. The van der Waals surface area contributed by atoms with Crippen molar-refractivity contribution in [2.45, 2.75) is 33.7 Å². The van der Waals surface area contributed by atoms with Crippen LogP contribution in [-0.2, 0) is 4.74 Å². The molecule has 0 fully saturated rings. The van der Waals surface area contributed by atoms with Crippen LogP contribution in [0, 0.1) is 6.92 Å². The number of hydrogen-bond acceptors (Lipinski definition) is 4. The number of aliphatic imine (C=N–C) groups is 1. The predicted molar refractivity (Wildman–Crippen MR) is 82.3 cm³/mol. The molecule has 0 radical (unpaired) electrons. The molecule has 4 heteroatoms. The number of nitrogens with zero attached hydrogens (tertiary/aromatic N) is 1. The molecule has 0 N–H and O–H groups in total. The van der Waals surface area contributed by atoms with Gasteiger partial charge in [-0.2, -0.15) is 11.8 Å². The first-order chi connectivity index (χ1) is 9.13. The Balaban J connectivity index is 0.000000861. The normalized spacial score (nSPS) is 16.5. The van der Waals surface area contributed by atoms with E-state index < -0.39 is 0 Å². The van der Waals surface area contributed by atoms with E-state index >= 15 is 0 Å². The summed E-state index contributed by atoms with van der Waals surface area (Å²) in [6.07, 6.45) is 2.04. The van der Waals surface area contributed by atoms with E-state index in [4.69, 9.17) is 4.74 Å². The van der Waals surface area contributed by atoms with E-state index in [1.165, 1.54) is 0 Å². The molecule has 3 nitrogen and oxygen atoms in total. The smallest absolute Gasteiger partial charge is 0.345 e. The molecule has 1 aromatic carbocycles. The van der Waals surface area contributed by atoms with E-state index in [9.17, 15) is 4.79 Å². The summed E-state index contributed by atoms with van der Waals surface area (Å²) >= 11 is 1.73. The van der Waals surface area contributed by atoms with Crippen LogP contribution < -0.4 is 0 Å². The Hall–Kier alpha value is -1.29. The molecule has 0 amide bonds. The number of carbonyl (C=O) groups is 1. The van der Waals surface area contributed by atoms with Crippen LogP contribution in [0.1, 0.15) is 42.3 Å². The first kappa shape index (κ1) is 15.8. The van der Waals surface area contributed by atoms with Crippen LogP contribution in [0.15, 0.2) is 23.2 Å². The predicted octanol–water partition coefficient (Wildman–Crippen LogP) is 3.69. The molecule has 0 saturated carbocycles. The summed E-state index contributed by atoms with van der Waals surface area (Å²) in [6, 6.07) is 5.77. The molecule has 1 unspecified atom stereocenters. The van der Waals surface area contributed by atoms with E-state index in [1.807, 2.05) is 46.1 Å². The van der Waals surface area contributed by atoms with Gasteiger partial charge in [0.2, 0.25) is 5.90 Å². The number of rotatable bonds is 3. The number of cyclic esters (lactones) is 1. The standard InChI is InChI=1S/C13H15NO2S.C2H6/c1-8-5-4-6-10-11(8)12(16-13(10)15)14-9(2)7-17-3;1-2/h4-6,9H,7H2,1-3H3;1-2H3. The number of aryl methyl sites for hydroxylation is 1. The molecule has 0 saturated heterocycles. The molecule has 19 heavy (non-hydrogen) atoms. The van der Waals surface area contributed by atoms with Gasteiger partial charge in [0.25, 0.3) is 0 Å². The molecule has 2 rings (SSSR count). The summed E-state index contributed by atoms with van der Waals surface area (Å²) in [5.41, 5.74) is 2.51. The summed E-state index contributed by atoms with van der Waals surface area (Å²) in [6.45, 7) is 7.99. The third-order valence-electron chi connectivity index (χ3n) is 2.64. The highest BCUT2D eigenvalue weighted by atomic mass is 32.2. The monoisotopic (exact) mass is 279 g/mol. The average molecular weight is 279 g/mol. The van der Waals surface area contributed by atoms with Crippen molar-refractivity contribution in [3.63, 3.8) is 0 Å². The van der Waals surface area contributed by atoms with E-state index in [-0.39, 0.29) is 12.0 Å². The lowest BCUT2D eigenvalue weighted by Gasteiger charge is -2.06. The van der Waals surface area contributed by atoms with Crippen molar-refractivity contribution in [3.05, 3.63) is 34.9 Å². The third-order valence-corrected chi connectivity index (χ3v) is 3.46. The van der Waals surface area contributed by atoms with Crippen molar-refractivity contribution in [1.29, 1.82) is 0 Å². The van der Waals surface area contributed by atoms with Crippen molar-refractivity contribution < 1.29 is 9.53 Å². The fourth-order valence-corrected chi connectivity index (χ4v) is 2.44. The number of benzene rings is 1. The quantitative estimate of drug-likeness (QED) is 0.792. The van der Waals surface area contributed by atoms with E-state index in [2.05, 4.69) is 4.99 Å². The second-order valence-corrected chi connectivity index (χ2v) is 5.04. The maximum Gasteiger partial charge on any atom is 0.345 e. The summed E-state index contributed by atoms with van der Waals surface area (Å²) in [4.78, 5) is 16.1. The SMILES string of the molecule is CC.CSCC(C)N=C1OC(=O)c2cccc(C)c21. The van der Waals surface area contributed by atoms with Gasteiger partial charge in [0.15, 0.2) is 0 Å². The summed E-state index contributed by atoms with van der Waals surface area (Å²) in [7, 11) is 0. The number of ether oxygens (including phenoxy) is 1. The molecule has 0 aromatic heterocycles. The zero-order valence-electron chi connectivity index (χ0n) is 12.2. The maximum absolute atomic E-state index is 11.7. The van der Waals surface area contributed by atoms with Crippen LogP contribution in [0.4, 0.5) is 0 Å². The molecule has 0 aliphatic carbocycles. The summed E-state index contributed by atoms with van der Waals surface area (Å²) in [5, 5.41) is 0. The van der Waals surface area contributed by atoms with Crippen LogP contribution >= 0.6 is 11.8 Å². The second-order valence-electron chi connectivity index (χ2n) is 4.13. The van der Waals surface area contributed by atoms with Crippen molar-refractivity contribution in [1.82, 2.24) is 0 Å². The van der Waals surface area contributed by atoms with Crippen LogP contribution in [0.2, 0.25) is 0 Å². The first-order valence-corrected chi connectivity index (χ1v) is 7.91. The number of thioether (sulfide) groups is 1. The van der Waals surface area contributed by atoms with E-state index in [0.717, 1.165) is 16.9 Å². The zero-order valence-corrected chi connectivity index (χ0v) is 13.0. The van der Waals surface area contributed by atoms with Crippen LogP contribution in [-0.4, -0.2) is 29.9 Å². The molecule has 1 aromatic rings. The highest BCUT2D eigenvalue weighted by Crippen LogP contribution is 2.24. The Morgan fingerprint density at radius 2 is 2.05 bits per heavy atom. The molecule has 104 valence electrons. The fraction of sp³-hybridized carbons (Fsp3) is 0.467.